The molecule has 2 heterocycles. The largest absolute Gasteiger partial charge is 0.332 e. The lowest BCUT2D eigenvalue weighted by atomic mass is 10.1. The topological polar surface area (TPSA) is 84.7 Å². The molecule has 3 rings (SSSR count). The molecule has 1 aliphatic heterocycles. The minimum atomic E-state index is -0.115. The third-order valence-electron chi connectivity index (χ3n) is 3.71. The highest BCUT2D eigenvalue weighted by molar-refractivity contribution is 7.99. The molecule has 1 saturated heterocycles. The van der Waals surface area contributed by atoms with Crippen LogP contribution in [0.25, 0.3) is 5.69 Å². The van der Waals surface area contributed by atoms with E-state index in [1.807, 2.05) is 26.0 Å². The Kier molecular flexibility index (Phi) is 4.63. The molecule has 2 N–H and O–H groups in total. The van der Waals surface area contributed by atoms with Crippen LogP contribution in [0.3, 0.4) is 0 Å². The number of benzene rings is 1. The van der Waals surface area contributed by atoms with Gasteiger partial charge >= 0.3 is 0 Å². The Hall–Kier alpha value is -1.93. The average Bonchev–Trinajstić information content (AvgIpc) is 2.92. The summed E-state index contributed by atoms with van der Waals surface area (Å²) in [5, 5.41) is 18.3. The first kappa shape index (κ1) is 15.9. The second-order valence-electron chi connectivity index (χ2n) is 5.83. The Bertz CT molecular complexity index is 716. The van der Waals surface area contributed by atoms with E-state index >= 15 is 0 Å². The number of hydrogen-bond donors (Lipinski definition) is 2. The van der Waals surface area contributed by atoms with E-state index in [1.54, 1.807) is 16.4 Å². The summed E-state index contributed by atoms with van der Waals surface area (Å²) >= 11 is 1.57. The van der Waals surface area contributed by atoms with Gasteiger partial charge in [-0.15, -0.1) is 16.9 Å². The Balaban J connectivity index is 1.73. The van der Waals surface area contributed by atoms with Crippen LogP contribution in [-0.4, -0.2) is 37.7 Å². The number of carbonyl (C=O) groups excluding carboxylic acids is 1. The van der Waals surface area contributed by atoms with Crippen molar-refractivity contribution in [3.8, 4) is 5.69 Å². The van der Waals surface area contributed by atoms with Crippen LogP contribution >= 0.6 is 11.8 Å². The highest BCUT2D eigenvalue weighted by atomic mass is 32.2. The van der Waals surface area contributed by atoms with E-state index in [9.17, 15) is 4.79 Å². The summed E-state index contributed by atoms with van der Waals surface area (Å²) in [4.78, 5) is 11.6. The molecule has 2 aromatic rings. The predicted octanol–water partition coefficient (Wildman–Crippen LogP) is 1.29. The summed E-state index contributed by atoms with van der Waals surface area (Å²) < 4.78 is 1.76. The van der Waals surface area contributed by atoms with Gasteiger partial charge in [0.1, 0.15) is 5.50 Å². The zero-order valence-electron chi connectivity index (χ0n) is 13.4. The van der Waals surface area contributed by atoms with Crippen molar-refractivity contribution < 1.29 is 4.79 Å². The Morgan fingerprint density at radius 1 is 1.39 bits per heavy atom. The van der Waals surface area contributed by atoms with Crippen LogP contribution in [0.5, 0.6) is 0 Å². The van der Waals surface area contributed by atoms with Crippen molar-refractivity contribution in [1.82, 2.24) is 30.8 Å². The molecular formula is C15H20N6OS. The lowest BCUT2D eigenvalue weighted by Crippen LogP contribution is -2.53. The lowest BCUT2D eigenvalue weighted by molar-refractivity contribution is -0.123. The smallest absolute Gasteiger partial charge is 0.223 e. The third-order valence-corrected chi connectivity index (χ3v) is 4.73. The molecule has 1 aromatic heterocycles. The van der Waals surface area contributed by atoms with Crippen LogP contribution in [0.15, 0.2) is 18.2 Å². The molecule has 1 amide bonds. The first-order valence-electron chi connectivity index (χ1n) is 7.55. The van der Waals surface area contributed by atoms with Gasteiger partial charge in [0, 0.05) is 12.5 Å². The molecule has 0 saturated carbocycles. The maximum atomic E-state index is 11.6. The number of aromatic nitrogens is 4. The number of aryl methyl sites for hydroxylation is 2. The summed E-state index contributed by atoms with van der Waals surface area (Å²) in [5.41, 5.74) is 3.19. The van der Waals surface area contributed by atoms with Crippen molar-refractivity contribution in [2.24, 2.45) is 0 Å². The molecule has 1 fully saturated rings. The van der Waals surface area contributed by atoms with Gasteiger partial charge in [0.05, 0.1) is 11.4 Å². The molecule has 0 bridgehead atoms. The number of nitrogens with zero attached hydrogens (tertiary/aromatic N) is 4. The van der Waals surface area contributed by atoms with Gasteiger partial charge in [0.15, 0.2) is 5.82 Å². The van der Waals surface area contributed by atoms with Crippen LogP contribution < -0.4 is 10.6 Å². The van der Waals surface area contributed by atoms with E-state index in [-0.39, 0.29) is 17.4 Å². The molecule has 23 heavy (non-hydrogen) atoms. The van der Waals surface area contributed by atoms with E-state index in [0.717, 1.165) is 17.1 Å². The molecule has 1 aromatic carbocycles. The predicted molar refractivity (Wildman–Crippen MR) is 89.1 cm³/mol. The molecular weight excluding hydrogens is 312 g/mol. The van der Waals surface area contributed by atoms with Crippen LogP contribution in [0.2, 0.25) is 0 Å². The van der Waals surface area contributed by atoms with Gasteiger partial charge in [-0.2, -0.15) is 4.68 Å². The molecule has 2 unspecified atom stereocenters. The van der Waals surface area contributed by atoms with Crippen molar-refractivity contribution >= 4 is 17.7 Å². The first-order chi connectivity index (χ1) is 11.0. The van der Waals surface area contributed by atoms with Crippen LogP contribution in [0.1, 0.15) is 30.3 Å². The lowest BCUT2D eigenvalue weighted by Gasteiger charge is -2.28. The van der Waals surface area contributed by atoms with Crippen LogP contribution in [0.4, 0.5) is 0 Å². The Morgan fingerprint density at radius 3 is 2.96 bits per heavy atom. The molecule has 0 radical (unpaired) electrons. The first-order valence-corrected chi connectivity index (χ1v) is 8.59. The number of amides is 1. The van der Waals surface area contributed by atoms with Crippen molar-refractivity contribution in [2.45, 2.75) is 44.5 Å². The van der Waals surface area contributed by atoms with Gasteiger partial charge in [-0.25, -0.2) is 0 Å². The summed E-state index contributed by atoms with van der Waals surface area (Å²) in [5.74, 6) is 1.43. The van der Waals surface area contributed by atoms with E-state index in [4.69, 9.17) is 0 Å². The number of carbonyl (C=O) groups is 1. The fourth-order valence-electron chi connectivity index (χ4n) is 2.62. The standard InChI is InChI=1S/C15H20N6OS/c1-9-4-5-12(10(2)6-9)21-13(18-19-20-21)8-23-15-16-11(3)7-14(22)17-15/h4-6,11,15-16H,7-8H2,1-3H3,(H,17,22). The molecule has 1 aliphatic rings. The van der Waals surface area contributed by atoms with Crippen molar-refractivity contribution in [3.05, 3.63) is 35.2 Å². The SMILES string of the molecule is Cc1ccc(-n2nnnc2CSC2NC(=O)CC(C)N2)c(C)c1. The number of rotatable bonds is 4. The van der Waals surface area contributed by atoms with Gasteiger partial charge in [-0.3, -0.25) is 10.1 Å². The number of thioether (sulfide) groups is 1. The summed E-state index contributed by atoms with van der Waals surface area (Å²) in [7, 11) is 0. The highest BCUT2D eigenvalue weighted by Crippen LogP contribution is 2.20. The second kappa shape index (κ2) is 6.67. The van der Waals surface area contributed by atoms with Crippen LogP contribution in [-0.2, 0) is 10.5 Å². The summed E-state index contributed by atoms with van der Waals surface area (Å²) in [6.07, 6.45) is 0.511. The number of tetrazole rings is 1. The normalized spacial score (nSPS) is 21.3. The van der Waals surface area contributed by atoms with Gasteiger partial charge in [0.25, 0.3) is 0 Å². The highest BCUT2D eigenvalue weighted by Gasteiger charge is 2.23. The zero-order valence-corrected chi connectivity index (χ0v) is 14.2. The maximum absolute atomic E-state index is 11.6. The Labute approximate surface area is 139 Å². The fourth-order valence-corrected chi connectivity index (χ4v) is 3.65. The third kappa shape index (κ3) is 3.70. The van der Waals surface area contributed by atoms with E-state index < -0.39 is 0 Å². The molecule has 0 spiro atoms. The minimum Gasteiger partial charge on any atom is -0.332 e. The fraction of sp³-hybridized carbons (Fsp3) is 0.467. The number of hydrogen-bond acceptors (Lipinski definition) is 6. The zero-order chi connectivity index (χ0) is 16.4. The van der Waals surface area contributed by atoms with Crippen molar-refractivity contribution in [2.75, 3.05) is 0 Å². The van der Waals surface area contributed by atoms with E-state index in [1.165, 1.54) is 5.56 Å². The quantitative estimate of drug-likeness (QED) is 0.878. The van der Waals surface area contributed by atoms with Crippen molar-refractivity contribution in [3.63, 3.8) is 0 Å². The Morgan fingerprint density at radius 2 is 2.22 bits per heavy atom. The van der Waals surface area contributed by atoms with Crippen LogP contribution in [0, 0.1) is 13.8 Å². The number of nitrogens with one attached hydrogen (secondary N) is 2. The molecule has 7 nitrogen and oxygen atoms in total. The molecule has 0 aliphatic carbocycles. The van der Waals surface area contributed by atoms with Gasteiger partial charge in [-0.1, -0.05) is 17.7 Å². The molecule has 8 heteroatoms. The van der Waals surface area contributed by atoms with E-state index in [2.05, 4.69) is 39.1 Å². The minimum absolute atomic E-state index is 0.0720. The van der Waals surface area contributed by atoms with Crippen molar-refractivity contribution in [1.29, 1.82) is 0 Å². The van der Waals surface area contributed by atoms with Gasteiger partial charge in [-0.05, 0) is 42.8 Å². The molecule has 2 atom stereocenters. The van der Waals surface area contributed by atoms with Gasteiger partial charge in [0.2, 0.25) is 5.91 Å². The monoisotopic (exact) mass is 332 g/mol. The molecule has 122 valence electrons. The average molecular weight is 332 g/mol. The second-order valence-corrected chi connectivity index (χ2v) is 6.92. The summed E-state index contributed by atoms with van der Waals surface area (Å²) in [6, 6.07) is 6.36. The van der Waals surface area contributed by atoms with E-state index in [0.29, 0.717) is 12.2 Å². The summed E-state index contributed by atoms with van der Waals surface area (Å²) in [6.45, 7) is 6.11. The van der Waals surface area contributed by atoms with Gasteiger partial charge < -0.3 is 5.32 Å². The maximum Gasteiger partial charge on any atom is 0.223 e.